The number of anilines is 1. The van der Waals surface area contributed by atoms with Crippen molar-refractivity contribution >= 4 is 58.2 Å². The van der Waals surface area contributed by atoms with Crippen molar-refractivity contribution in [2.45, 2.75) is 0 Å². The molecule has 0 fully saturated rings. The zero-order valence-corrected chi connectivity index (χ0v) is 14.6. The van der Waals surface area contributed by atoms with Crippen molar-refractivity contribution in [1.82, 2.24) is 0 Å². The molecular weight excluding hydrogens is 389 g/mol. The Morgan fingerprint density at radius 1 is 1.16 bits per heavy atom. The molecule has 2 rings (SSSR count). The largest absolute Gasteiger partial charge is 0.320 e. The molecule has 2 aromatic rings. The van der Waals surface area contributed by atoms with Crippen molar-refractivity contribution in [1.29, 1.82) is 5.26 Å². The highest BCUT2D eigenvalue weighted by molar-refractivity contribution is 6.37. The van der Waals surface area contributed by atoms with E-state index in [9.17, 15) is 20.2 Å². The summed E-state index contributed by atoms with van der Waals surface area (Å²) >= 11 is 17.9. The van der Waals surface area contributed by atoms with Crippen molar-refractivity contribution in [3.05, 3.63) is 72.7 Å². The minimum Gasteiger partial charge on any atom is -0.320 e. The predicted molar refractivity (Wildman–Crippen MR) is 96.8 cm³/mol. The van der Waals surface area contributed by atoms with Gasteiger partial charge in [-0.1, -0.05) is 40.9 Å². The van der Waals surface area contributed by atoms with Crippen LogP contribution in [0.25, 0.3) is 6.08 Å². The number of hydrogen-bond acceptors (Lipinski definition) is 4. The van der Waals surface area contributed by atoms with Gasteiger partial charge in [0, 0.05) is 27.7 Å². The molecule has 0 aromatic heterocycles. The molecule has 1 amide bonds. The fraction of sp³-hybridized carbons (Fsp3) is 0. The van der Waals surface area contributed by atoms with E-state index in [1.807, 2.05) is 0 Å². The summed E-state index contributed by atoms with van der Waals surface area (Å²) in [6.45, 7) is 0. The smallest absolute Gasteiger partial charge is 0.271 e. The first-order chi connectivity index (χ1) is 11.8. The Bertz CT molecular complexity index is 916. The van der Waals surface area contributed by atoms with Gasteiger partial charge in [0.1, 0.15) is 11.6 Å². The fourth-order valence-electron chi connectivity index (χ4n) is 1.85. The molecular formula is C16H8Cl3N3O3. The highest BCUT2D eigenvalue weighted by Crippen LogP contribution is 2.29. The molecule has 6 nitrogen and oxygen atoms in total. The van der Waals surface area contributed by atoms with Gasteiger partial charge in [-0.05, 0) is 24.3 Å². The van der Waals surface area contributed by atoms with Crippen LogP contribution >= 0.6 is 34.8 Å². The van der Waals surface area contributed by atoms with Crippen molar-refractivity contribution < 1.29 is 9.72 Å². The van der Waals surface area contributed by atoms with Gasteiger partial charge in [0.15, 0.2) is 0 Å². The van der Waals surface area contributed by atoms with Crippen molar-refractivity contribution in [3.63, 3.8) is 0 Å². The van der Waals surface area contributed by atoms with Gasteiger partial charge in [0.05, 0.1) is 15.6 Å². The van der Waals surface area contributed by atoms with E-state index in [2.05, 4.69) is 5.32 Å². The van der Waals surface area contributed by atoms with Crippen LogP contribution in [-0.2, 0) is 4.79 Å². The minimum absolute atomic E-state index is 0.0318. The average Bonchev–Trinajstić information content (AvgIpc) is 2.56. The molecule has 126 valence electrons. The number of hydrogen-bond donors (Lipinski definition) is 1. The van der Waals surface area contributed by atoms with E-state index in [1.54, 1.807) is 24.3 Å². The topological polar surface area (TPSA) is 96.0 Å². The van der Waals surface area contributed by atoms with Crippen LogP contribution in [0.4, 0.5) is 11.4 Å². The zero-order valence-electron chi connectivity index (χ0n) is 12.3. The van der Waals surface area contributed by atoms with Crippen LogP contribution in [0.15, 0.2) is 42.0 Å². The molecule has 0 aliphatic heterocycles. The van der Waals surface area contributed by atoms with Crippen LogP contribution in [-0.4, -0.2) is 10.8 Å². The van der Waals surface area contributed by atoms with E-state index in [4.69, 9.17) is 34.8 Å². The quantitative estimate of drug-likeness (QED) is 0.336. The summed E-state index contributed by atoms with van der Waals surface area (Å²) in [6, 6.07) is 10.1. The molecule has 0 aliphatic rings. The van der Waals surface area contributed by atoms with Gasteiger partial charge < -0.3 is 5.32 Å². The molecule has 0 aliphatic carbocycles. The number of nitro benzene ring substituents is 1. The summed E-state index contributed by atoms with van der Waals surface area (Å²) in [5.74, 6) is -0.755. The number of nitro groups is 1. The number of halogens is 3. The zero-order chi connectivity index (χ0) is 18.6. The van der Waals surface area contributed by atoms with E-state index in [1.165, 1.54) is 18.2 Å². The molecule has 0 heterocycles. The third-order valence-corrected chi connectivity index (χ3v) is 4.04. The second-order valence-electron chi connectivity index (χ2n) is 4.68. The Balaban J connectivity index is 2.31. The average molecular weight is 397 g/mol. The number of nitriles is 1. The number of amides is 1. The van der Waals surface area contributed by atoms with Crippen LogP contribution in [0.3, 0.4) is 0 Å². The summed E-state index contributed by atoms with van der Waals surface area (Å²) in [4.78, 5) is 22.3. The monoisotopic (exact) mass is 395 g/mol. The van der Waals surface area contributed by atoms with Crippen LogP contribution in [0, 0.1) is 21.4 Å². The lowest BCUT2D eigenvalue weighted by atomic mass is 10.1. The first-order valence-electron chi connectivity index (χ1n) is 6.64. The van der Waals surface area contributed by atoms with E-state index in [-0.39, 0.29) is 32.0 Å². The molecule has 2 aromatic carbocycles. The number of carbonyl (C=O) groups excluding carboxylic acids is 1. The number of nitrogens with zero attached hydrogens (tertiary/aromatic N) is 2. The third-order valence-electron chi connectivity index (χ3n) is 3.07. The number of benzene rings is 2. The molecule has 9 heteroatoms. The molecule has 0 spiro atoms. The SMILES string of the molecule is N#CC(=Cc1c(Cl)cccc1Cl)C(=O)Nc1ccc([N+](=O)[O-])cc1Cl. The maximum atomic E-state index is 12.3. The van der Waals surface area contributed by atoms with E-state index >= 15 is 0 Å². The number of non-ortho nitro benzene ring substituents is 1. The molecule has 0 saturated heterocycles. The third kappa shape index (κ3) is 4.48. The van der Waals surface area contributed by atoms with Crippen molar-refractivity contribution in [2.75, 3.05) is 5.32 Å². The second-order valence-corrected chi connectivity index (χ2v) is 5.90. The maximum absolute atomic E-state index is 12.3. The van der Waals surface area contributed by atoms with Gasteiger partial charge in [-0.3, -0.25) is 14.9 Å². The van der Waals surface area contributed by atoms with Gasteiger partial charge >= 0.3 is 0 Å². The minimum atomic E-state index is -0.755. The van der Waals surface area contributed by atoms with Gasteiger partial charge in [-0.15, -0.1) is 0 Å². The van der Waals surface area contributed by atoms with E-state index < -0.39 is 10.8 Å². The Kier molecular flexibility index (Phi) is 5.99. The Hall–Kier alpha value is -2.59. The van der Waals surface area contributed by atoms with E-state index in [0.717, 1.165) is 6.07 Å². The van der Waals surface area contributed by atoms with Crippen LogP contribution < -0.4 is 5.32 Å². The summed E-state index contributed by atoms with van der Waals surface area (Å²) in [7, 11) is 0. The summed E-state index contributed by atoms with van der Waals surface area (Å²) in [5, 5.41) is 22.8. The standard InChI is InChI=1S/C16H8Cl3N3O3/c17-12-2-1-3-13(18)11(12)6-9(8-20)16(23)21-15-5-4-10(22(24)25)7-14(15)19/h1-7H,(H,21,23). The van der Waals surface area contributed by atoms with Crippen LogP contribution in [0.2, 0.25) is 15.1 Å². The molecule has 0 radical (unpaired) electrons. The number of rotatable bonds is 4. The predicted octanol–water partition coefficient (Wildman–Crippen LogP) is 5.10. The van der Waals surface area contributed by atoms with Crippen molar-refractivity contribution in [2.24, 2.45) is 0 Å². The van der Waals surface area contributed by atoms with Gasteiger partial charge in [0.25, 0.3) is 11.6 Å². The maximum Gasteiger partial charge on any atom is 0.271 e. The summed E-state index contributed by atoms with van der Waals surface area (Å²) in [6.07, 6.45) is 1.25. The first kappa shape index (κ1) is 18.7. The highest BCUT2D eigenvalue weighted by atomic mass is 35.5. The van der Waals surface area contributed by atoms with Crippen molar-refractivity contribution in [3.8, 4) is 6.07 Å². The Morgan fingerprint density at radius 2 is 1.80 bits per heavy atom. The molecule has 25 heavy (non-hydrogen) atoms. The molecule has 1 N–H and O–H groups in total. The van der Waals surface area contributed by atoms with Gasteiger partial charge in [-0.2, -0.15) is 5.26 Å². The summed E-state index contributed by atoms with van der Waals surface area (Å²) in [5.41, 5.74) is -0.0256. The number of carbonyl (C=O) groups is 1. The normalized spacial score (nSPS) is 10.9. The first-order valence-corrected chi connectivity index (χ1v) is 7.78. The Labute approximate surface area is 157 Å². The Morgan fingerprint density at radius 3 is 2.32 bits per heavy atom. The molecule has 0 bridgehead atoms. The number of nitrogens with one attached hydrogen (secondary N) is 1. The highest BCUT2D eigenvalue weighted by Gasteiger charge is 2.15. The van der Waals surface area contributed by atoms with Crippen LogP contribution in [0.5, 0.6) is 0 Å². The molecule has 0 saturated carbocycles. The lowest BCUT2D eigenvalue weighted by molar-refractivity contribution is -0.384. The second kappa shape index (κ2) is 7.99. The molecule has 0 atom stereocenters. The fourth-order valence-corrected chi connectivity index (χ4v) is 2.58. The van der Waals surface area contributed by atoms with E-state index in [0.29, 0.717) is 5.56 Å². The van der Waals surface area contributed by atoms with Crippen LogP contribution in [0.1, 0.15) is 5.56 Å². The lowest BCUT2D eigenvalue weighted by Crippen LogP contribution is -2.13. The molecule has 0 unspecified atom stereocenters. The summed E-state index contributed by atoms with van der Waals surface area (Å²) < 4.78 is 0. The van der Waals surface area contributed by atoms with Gasteiger partial charge in [-0.25, -0.2) is 0 Å². The van der Waals surface area contributed by atoms with Gasteiger partial charge in [0.2, 0.25) is 0 Å². The lowest BCUT2D eigenvalue weighted by Gasteiger charge is -2.07.